The van der Waals surface area contributed by atoms with Crippen LogP contribution < -0.4 is 0 Å². The molecule has 0 aromatic heterocycles. The van der Waals surface area contributed by atoms with Crippen LogP contribution in [0.4, 0.5) is 4.79 Å². The van der Waals surface area contributed by atoms with Crippen molar-refractivity contribution in [2.45, 2.75) is 38.1 Å². The van der Waals surface area contributed by atoms with Crippen molar-refractivity contribution in [2.75, 3.05) is 59.4 Å². The Hall–Kier alpha value is -2.00. The lowest BCUT2D eigenvalue weighted by Crippen LogP contribution is -2.58. The van der Waals surface area contributed by atoms with Gasteiger partial charge in [0.25, 0.3) is 0 Å². The smallest absolute Gasteiger partial charge is 0.481 e. The van der Waals surface area contributed by atoms with Crippen molar-refractivity contribution < 1.29 is 23.9 Å². The van der Waals surface area contributed by atoms with E-state index in [0.717, 1.165) is 58.7 Å². The third kappa shape index (κ3) is 5.26. The minimum atomic E-state index is -0.755. The number of carbonyl (C=O) groups is 2. The first-order valence-electron chi connectivity index (χ1n) is 11.4. The molecule has 1 N–H and O–H groups in total. The average molecular weight is 432 g/mol. The molecule has 3 aliphatic heterocycles. The van der Waals surface area contributed by atoms with Crippen molar-refractivity contribution in [2.24, 2.45) is 0 Å². The number of likely N-dealkylation sites (N-methyl/N-ethyl adjacent to an activating group) is 1. The molecule has 0 aliphatic carbocycles. The number of nitrogens with zero attached hydrogens (tertiary/aromatic N) is 4. The van der Waals surface area contributed by atoms with Gasteiger partial charge in [0.15, 0.2) is 0 Å². The van der Waals surface area contributed by atoms with E-state index in [1.54, 1.807) is 0 Å². The Balaban J connectivity index is 1.26. The highest BCUT2D eigenvalue weighted by molar-refractivity contribution is 5.66. The Bertz CT molecular complexity index is 760. The Morgan fingerprint density at radius 2 is 1.74 bits per heavy atom. The van der Waals surface area contributed by atoms with Gasteiger partial charge in [-0.05, 0) is 5.56 Å². The third-order valence-electron chi connectivity index (χ3n) is 7.26. The summed E-state index contributed by atoms with van der Waals surface area (Å²) < 4.78 is 6.24. The van der Waals surface area contributed by atoms with Crippen molar-refractivity contribution in [3.63, 3.8) is 0 Å². The summed E-state index contributed by atoms with van der Waals surface area (Å²) in [5.41, 5.74) is 1.34. The van der Waals surface area contributed by atoms with E-state index < -0.39 is 5.97 Å². The highest BCUT2D eigenvalue weighted by Gasteiger charge is 2.53. The number of quaternary nitrogens is 1. The third-order valence-corrected chi connectivity index (χ3v) is 7.26. The largest absolute Gasteiger partial charge is 0.517 e. The van der Waals surface area contributed by atoms with Crippen LogP contribution in [0.2, 0.25) is 0 Å². The summed E-state index contributed by atoms with van der Waals surface area (Å²) in [6.07, 6.45) is 1.93. The zero-order valence-electron chi connectivity index (χ0n) is 18.5. The van der Waals surface area contributed by atoms with E-state index in [1.165, 1.54) is 5.56 Å². The molecule has 3 aliphatic rings. The number of aliphatic carboxylic acids is 1. The molecule has 8 nitrogen and oxygen atoms in total. The van der Waals surface area contributed by atoms with Gasteiger partial charge in [0.1, 0.15) is 12.6 Å². The zero-order chi connectivity index (χ0) is 21.8. The van der Waals surface area contributed by atoms with Gasteiger partial charge in [-0.25, -0.2) is 4.48 Å². The first-order chi connectivity index (χ1) is 14.9. The fourth-order valence-electron chi connectivity index (χ4n) is 5.18. The summed E-state index contributed by atoms with van der Waals surface area (Å²) in [6.45, 7) is 7.55. The monoisotopic (exact) mass is 431 g/mol. The molecule has 8 heteroatoms. The summed E-state index contributed by atoms with van der Waals surface area (Å²) in [5.74, 6) is -0.755. The van der Waals surface area contributed by atoms with Gasteiger partial charge in [0.2, 0.25) is 6.23 Å². The molecular formula is C23H35N4O4+. The summed E-state index contributed by atoms with van der Waals surface area (Å²) in [5, 5.41) is 8.87. The number of cyclic esters (lactones) is 1. The molecule has 4 rings (SSSR count). The summed E-state index contributed by atoms with van der Waals surface area (Å²) >= 11 is 0. The molecule has 170 valence electrons. The van der Waals surface area contributed by atoms with Gasteiger partial charge in [-0.2, -0.15) is 4.79 Å². The molecule has 0 spiro atoms. The van der Waals surface area contributed by atoms with Crippen molar-refractivity contribution >= 4 is 12.1 Å². The molecule has 3 fully saturated rings. The van der Waals surface area contributed by atoms with E-state index in [1.807, 2.05) is 13.1 Å². The van der Waals surface area contributed by atoms with E-state index in [-0.39, 0.29) is 18.7 Å². The maximum Gasteiger partial charge on any atom is 0.517 e. The van der Waals surface area contributed by atoms with Gasteiger partial charge in [-0.1, -0.05) is 30.3 Å². The van der Waals surface area contributed by atoms with Crippen LogP contribution in [-0.4, -0.2) is 108 Å². The Morgan fingerprint density at radius 1 is 1.06 bits per heavy atom. The molecular weight excluding hydrogens is 396 g/mol. The number of amides is 1. The molecule has 1 aromatic carbocycles. The number of hydrogen-bond acceptors (Lipinski definition) is 6. The van der Waals surface area contributed by atoms with Crippen molar-refractivity contribution in [1.82, 2.24) is 14.7 Å². The van der Waals surface area contributed by atoms with E-state index >= 15 is 0 Å². The first kappa shape index (κ1) is 22.2. The second kappa shape index (κ2) is 9.65. The van der Waals surface area contributed by atoms with Crippen molar-refractivity contribution in [1.29, 1.82) is 0 Å². The number of benzene rings is 1. The molecule has 0 saturated carbocycles. The number of carboxylic acid groups (broad SMARTS) is 1. The lowest BCUT2D eigenvalue weighted by Gasteiger charge is -2.40. The van der Waals surface area contributed by atoms with Gasteiger partial charge >= 0.3 is 12.1 Å². The molecule has 3 heterocycles. The quantitative estimate of drug-likeness (QED) is 0.659. The van der Waals surface area contributed by atoms with Crippen LogP contribution in [0.5, 0.6) is 0 Å². The second-order valence-corrected chi connectivity index (χ2v) is 9.30. The van der Waals surface area contributed by atoms with E-state index in [9.17, 15) is 9.59 Å². The van der Waals surface area contributed by atoms with Gasteiger partial charge in [0.05, 0.1) is 13.5 Å². The Morgan fingerprint density at radius 3 is 2.39 bits per heavy atom. The van der Waals surface area contributed by atoms with Gasteiger partial charge in [0, 0.05) is 65.2 Å². The molecule has 1 amide bonds. The number of piperidine rings is 1. The number of hydrogen-bond donors (Lipinski definition) is 1. The van der Waals surface area contributed by atoms with Crippen LogP contribution in [0.15, 0.2) is 30.3 Å². The predicted octanol–water partition coefficient (Wildman–Crippen LogP) is 1.67. The number of carboxylic acids is 1. The van der Waals surface area contributed by atoms with Crippen molar-refractivity contribution in [3.8, 4) is 0 Å². The molecule has 1 aromatic rings. The van der Waals surface area contributed by atoms with Gasteiger partial charge in [-0.3, -0.25) is 14.6 Å². The molecule has 3 saturated heterocycles. The van der Waals surface area contributed by atoms with E-state index in [4.69, 9.17) is 9.84 Å². The molecule has 0 bridgehead atoms. The standard InChI is InChI=1S/C23H34N4O4/c1-27(20-7-10-25(11-8-20)17-19-5-3-2-4-6-19)18-21(31-23(27)30)26-15-13-24(14-16-26)12-9-22(28)29/h2-6,20-21H,7-18H2,1H3/p+1. The number of piperazine rings is 1. The molecule has 2 unspecified atom stereocenters. The summed E-state index contributed by atoms with van der Waals surface area (Å²) in [6, 6.07) is 10.9. The maximum absolute atomic E-state index is 12.9. The topological polar surface area (TPSA) is 73.3 Å². The van der Waals surface area contributed by atoms with E-state index in [2.05, 4.69) is 39.0 Å². The predicted molar refractivity (Wildman–Crippen MR) is 116 cm³/mol. The van der Waals surface area contributed by atoms with Gasteiger partial charge in [-0.15, -0.1) is 0 Å². The fourth-order valence-corrected chi connectivity index (χ4v) is 5.18. The number of ether oxygens (including phenoxy) is 1. The molecule has 2 atom stereocenters. The first-order valence-corrected chi connectivity index (χ1v) is 11.4. The summed E-state index contributed by atoms with van der Waals surface area (Å²) in [4.78, 5) is 30.6. The normalized spacial score (nSPS) is 29.2. The highest BCUT2D eigenvalue weighted by atomic mass is 16.6. The van der Waals surface area contributed by atoms with Crippen LogP contribution in [0, 0.1) is 0 Å². The lowest BCUT2D eigenvalue weighted by molar-refractivity contribution is -0.852. The van der Waals surface area contributed by atoms with Crippen molar-refractivity contribution in [3.05, 3.63) is 35.9 Å². The van der Waals surface area contributed by atoms with Crippen LogP contribution in [0.3, 0.4) is 0 Å². The minimum absolute atomic E-state index is 0.0974. The maximum atomic E-state index is 12.9. The van der Waals surface area contributed by atoms with Gasteiger partial charge < -0.3 is 14.7 Å². The highest BCUT2D eigenvalue weighted by Crippen LogP contribution is 2.31. The van der Waals surface area contributed by atoms with Crippen LogP contribution in [0.25, 0.3) is 0 Å². The fraction of sp³-hybridized carbons (Fsp3) is 0.652. The van der Waals surface area contributed by atoms with Crippen LogP contribution in [0.1, 0.15) is 24.8 Å². The molecule has 0 radical (unpaired) electrons. The summed E-state index contributed by atoms with van der Waals surface area (Å²) in [7, 11) is 2.04. The number of carbonyl (C=O) groups excluding carboxylic acids is 1. The molecule has 31 heavy (non-hydrogen) atoms. The van der Waals surface area contributed by atoms with Crippen LogP contribution in [-0.2, 0) is 16.1 Å². The lowest BCUT2D eigenvalue weighted by atomic mass is 10.0. The number of likely N-dealkylation sites (tertiary alicyclic amines) is 1. The minimum Gasteiger partial charge on any atom is -0.481 e. The SMILES string of the molecule is C[N+]1(C2CCN(Cc3ccccc3)CC2)CC(N2CCN(CCC(=O)O)CC2)OC1=O. The Labute approximate surface area is 184 Å². The average Bonchev–Trinajstić information content (AvgIpc) is 3.09. The number of rotatable bonds is 7. The Kier molecular flexibility index (Phi) is 6.91. The zero-order valence-corrected chi connectivity index (χ0v) is 18.5. The van der Waals surface area contributed by atoms with E-state index in [0.29, 0.717) is 23.6 Å². The van der Waals surface area contributed by atoms with Crippen LogP contribution >= 0.6 is 0 Å². The second-order valence-electron chi connectivity index (χ2n) is 9.30.